The Bertz CT molecular complexity index is 281. The molecule has 5 nitrogen and oxygen atoms in total. The van der Waals surface area contributed by atoms with Gasteiger partial charge < -0.3 is 10.8 Å². The van der Waals surface area contributed by atoms with Gasteiger partial charge in [0.25, 0.3) is 5.56 Å². The van der Waals surface area contributed by atoms with Gasteiger partial charge in [0, 0.05) is 14.1 Å². The number of rotatable bonds is 0. The van der Waals surface area contributed by atoms with E-state index >= 15 is 0 Å². The van der Waals surface area contributed by atoms with E-state index in [9.17, 15) is 4.79 Å². The molecule has 0 saturated heterocycles. The van der Waals surface area contributed by atoms with Crippen molar-refractivity contribution in [2.75, 3.05) is 5.73 Å². The minimum Gasteiger partial charge on any atom is -0.492 e. The molecule has 0 bridgehead atoms. The summed E-state index contributed by atoms with van der Waals surface area (Å²) in [4.78, 5) is 10.9. The van der Waals surface area contributed by atoms with Crippen molar-refractivity contribution in [2.24, 2.45) is 14.1 Å². The molecule has 0 amide bonds. The van der Waals surface area contributed by atoms with Gasteiger partial charge >= 0.3 is 0 Å². The van der Waals surface area contributed by atoms with Gasteiger partial charge in [0.1, 0.15) is 0 Å². The van der Waals surface area contributed by atoms with Gasteiger partial charge in [-0.15, -0.1) is 0 Å². The highest BCUT2D eigenvalue weighted by atomic mass is 16.3. The number of hydrogen-bond acceptors (Lipinski definition) is 3. The van der Waals surface area contributed by atoms with Crippen LogP contribution < -0.4 is 11.3 Å². The van der Waals surface area contributed by atoms with E-state index in [0.717, 1.165) is 0 Å². The quantitative estimate of drug-likeness (QED) is 0.489. The molecule has 3 N–H and O–H groups in total. The van der Waals surface area contributed by atoms with Gasteiger partial charge in [-0.2, -0.15) is 0 Å². The number of nitrogens with two attached hydrogens (primary N) is 1. The molecular formula is C5H9N3O2. The van der Waals surface area contributed by atoms with Gasteiger partial charge in [0.05, 0.1) is 0 Å². The highest BCUT2D eigenvalue weighted by Crippen LogP contribution is 2.12. The van der Waals surface area contributed by atoms with Crippen LogP contribution >= 0.6 is 0 Å². The standard InChI is InChI=1S/C5H9N3O2/c1-7-4(9)3(6)5(10)8(7)2/h9H,6H2,1-2H3. The lowest BCUT2D eigenvalue weighted by Gasteiger charge is -1.97. The number of hydrogen-bond donors (Lipinski definition) is 2. The number of aromatic hydroxyl groups is 1. The molecule has 0 atom stereocenters. The summed E-state index contributed by atoms with van der Waals surface area (Å²) < 4.78 is 2.50. The van der Waals surface area contributed by atoms with Crippen LogP contribution in [0.5, 0.6) is 5.88 Å². The van der Waals surface area contributed by atoms with Crippen LogP contribution in [-0.2, 0) is 14.1 Å². The van der Waals surface area contributed by atoms with Crippen LogP contribution in [0.4, 0.5) is 5.69 Å². The molecule has 1 aromatic rings. The van der Waals surface area contributed by atoms with E-state index in [4.69, 9.17) is 10.8 Å². The van der Waals surface area contributed by atoms with Crippen molar-refractivity contribution in [1.82, 2.24) is 9.36 Å². The molecule has 0 radical (unpaired) electrons. The van der Waals surface area contributed by atoms with Crippen LogP contribution in [0.3, 0.4) is 0 Å². The molecule has 1 heterocycles. The third-order valence-corrected chi connectivity index (χ3v) is 1.52. The fourth-order valence-electron chi connectivity index (χ4n) is 0.723. The molecule has 0 fully saturated rings. The lowest BCUT2D eigenvalue weighted by molar-refractivity contribution is 0.399. The fraction of sp³-hybridized carbons (Fsp3) is 0.400. The van der Waals surface area contributed by atoms with E-state index in [0.29, 0.717) is 0 Å². The number of nitrogen functional groups attached to an aromatic ring is 1. The molecule has 0 aliphatic heterocycles. The molecule has 0 unspecified atom stereocenters. The summed E-state index contributed by atoms with van der Waals surface area (Å²) in [5, 5.41) is 9.03. The summed E-state index contributed by atoms with van der Waals surface area (Å²) in [5.74, 6) is -0.187. The lowest BCUT2D eigenvalue weighted by Crippen LogP contribution is -2.18. The highest BCUT2D eigenvalue weighted by Gasteiger charge is 2.09. The Hall–Kier alpha value is -1.39. The maximum Gasteiger partial charge on any atom is 0.293 e. The topological polar surface area (TPSA) is 73.2 Å². The Labute approximate surface area is 57.3 Å². The normalized spacial score (nSPS) is 10.2. The first-order valence-electron chi connectivity index (χ1n) is 2.76. The van der Waals surface area contributed by atoms with E-state index in [1.165, 1.54) is 16.4 Å². The Kier molecular flexibility index (Phi) is 1.21. The van der Waals surface area contributed by atoms with E-state index in [1.807, 2.05) is 0 Å². The summed E-state index contributed by atoms with van der Waals surface area (Å²) in [5.41, 5.74) is 4.72. The molecule has 0 aromatic carbocycles. The van der Waals surface area contributed by atoms with Gasteiger partial charge in [0.15, 0.2) is 5.69 Å². The van der Waals surface area contributed by atoms with Crippen molar-refractivity contribution >= 4 is 5.69 Å². The van der Waals surface area contributed by atoms with Gasteiger partial charge in [-0.25, -0.2) is 4.68 Å². The monoisotopic (exact) mass is 143 g/mol. The van der Waals surface area contributed by atoms with Crippen LogP contribution in [0.2, 0.25) is 0 Å². The maximum absolute atomic E-state index is 10.9. The summed E-state index contributed by atoms with van der Waals surface area (Å²) in [6.45, 7) is 0. The molecule has 1 rings (SSSR count). The summed E-state index contributed by atoms with van der Waals surface area (Å²) in [6, 6.07) is 0. The van der Waals surface area contributed by atoms with Crippen LogP contribution in [0, 0.1) is 0 Å². The second kappa shape index (κ2) is 1.80. The van der Waals surface area contributed by atoms with Gasteiger partial charge in [-0.1, -0.05) is 0 Å². The Balaban J connectivity index is 3.60. The Morgan fingerprint density at radius 3 is 2.00 bits per heavy atom. The Morgan fingerprint density at radius 1 is 1.40 bits per heavy atom. The molecule has 0 spiro atoms. The smallest absolute Gasteiger partial charge is 0.293 e. The predicted molar refractivity (Wildman–Crippen MR) is 36.7 cm³/mol. The van der Waals surface area contributed by atoms with Crippen molar-refractivity contribution in [1.29, 1.82) is 0 Å². The third kappa shape index (κ3) is 0.601. The lowest BCUT2D eigenvalue weighted by atomic mass is 10.5. The molecule has 5 heteroatoms. The highest BCUT2D eigenvalue weighted by molar-refractivity contribution is 5.45. The second-order valence-corrected chi connectivity index (χ2v) is 2.09. The molecule has 0 aliphatic carbocycles. The van der Waals surface area contributed by atoms with Gasteiger partial charge in [-0.05, 0) is 0 Å². The zero-order chi connectivity index (χ0) is 7.89. The maximum atomic E-state index is 10.9. The minimum absolute atomic E-state index is 0.106. The van der Waals surface area contributed by atoms with E-state index in [1.54, 1.807) is 7.05 Å². The van der Waals surface area contributed by atoms with Crippen LogP contribution in [0.25, 0.3) is 0 Å². The van der Waals surface area contributed by atoms with E-state index in [2.05, 4.69) is 0 Å². The molecule has 10 heavy (non-hydrogen) atoms. The van der Waals surface area contributed by atoms with Crippen LogP contribution in [-0.4, -0.2) is 14.5 Å². The first-order valence-corrected chi connectivity index (χ1v) is 2.76. The van der Waals surface area contributed by atoms with Gasteiger partial charge in [0.2, 0.25) is 5.88 Å². The molecule has 1 aromatic heterocycles. The largest absolute Gasteiger partial charge is 0.492 e. The molecule has 0 saturated carbocycles. The first-order chi connectivity index (χ1) is 4.55. The average molecular weight is 143 g/mol. The zero-order valence-corrected chi connectivity index (χ0v) is 5.83. The first kappa shape index (κ1) is 6.73. The van der Waals surface area contributed by atoms with Crippen LogP contribution in [0.15, 0.2) is 4.79 Å². The van der Waals surface area contributed by atoms with Crippen molar-refractivity contribution < 1.29 is 5.11 Å². The molecule has 56 valence electrons. The average Bonchev–Trinajstić information content (AvgIpc) is 2.07. The van der Waals surface area contributed by atoms with Crippen molar-refractivity contribution in [3.8, 4) is 5.88 Å². The van der Waals surface area contributed by atoms with Crippen molar-refractivity contribution in [2.45, 2.75) is 0 Å². The number of anilines is 1. The van der Waals surface area contributed by atoms with Crippen LogP contribution in [0.1, 0.15) is 0 Å². The number of nitrogens with zero attached hydrogens (tertiary/aromatic N) is 2. The zero-order valence-electron chi connectivity index (χ0n) is 5.83. The summed E-state index contributed by atoms with van der Waals surface area (Å²) in [7, 11) is 3.07. The van der Waals surface area contributed by atoms with Gasteiger partial charge in [-0.3, -0.25) is 9.48 Å². The minimum atomic E-state index is -0.375. The second-order valence-electron chi connectivity index (χ2n) is 2.09. The third-order valence-electron chi connectivity index (χ3n) is 1.52. The predicted octanol–water partition coefficient (Wildman–Crippen LogP) is -0.988. The number of aromatic nitrogens is 2. The Morgan fingerprint density at radius 2 is 1.90 bits per heavy atom. The SMILES string of the molecule is Cn1c(O)c(N)c(=O)n1C. The van der Waals surface area contributed by atoms with Crippen molar-refractivity contribution in [3.63, 3.8) is 0 Å². The van der Waals surface area contributed by atoms with E-state index < -0.39 is 0 Å². The molecule has 0 aliphatic rings. The summed E-state index contributed by atoms with van der Waals surface area (Å²) in [6.07, 6.45) is 0. The fourth-order valence-corrected chi connectivity index (χ4v) is 0.723. The molecular weight excluding hydrogens is 134 g/mol. The van der Waals surface area contributed by atoms with Crippen molar-refractivity contribution in [3.05, 3.63) is 10.4 Å². The van der Waals surface area contributed by atoms with E-state index in [-0.39, 0.29) is 17.1 Å². The summed E-state index contributed by atoms with van der Waals surface area (Å²) >= 11 is 0.